The number of fused-ring (bicyclic) bond motifs is 3. The number of hydrogen-bond acceptors (Lipinski definition) is 6. The Morgan fingerprint density at radius 1 is 1.10 bits per heavy atom. The molecule has 6 nitrogen and oxygen atoms in total. The van der Waals surface area contributed by atoms with Crippen LogP contribution >= 0.6 is 0 Å². The van der Waals surface area contributed by atoms with Gasteiger partial charge in [-0.3, -0.25) is 4.79 Å². The molecular formula is C24H30O6. The average Bonchev–Trinajstić information content (AvgIpc) is 3.42. The largest absolute Gasteiger partial charge is 0.431 e. The average molecular weight is 414 g/mol. The van der Waals surface area contributed by atoms with Crippen LogP contribution in [0.3, 0.4) is 0 Å². The summed E-state index contributed by atoms with van der Waals surface area (Å²) in [5, 5.41) is 22.8. The van der Waals surface area contributed by atoms with Crippen LogP contribution in [0.25, 0.3) is 0 Å². The van der Waals surface area contributed by atoms with E-state index in [0.29, 0.717) is 31.0 Å². The number of aliphatic hydroxyl groups is 2. The maximum Gasteiger partial charge on any atom is 0.335 e. The third-order valence-electron chi connectivity index (χ3n) is 10.1. The summed E-state index contributed by atoms with van der Waals surface area (Å²) in [6, 6.07) is 3.10. The maximum atomic E-state index is 12.1. The summed E-state index contributed by atoms with van der Waals surface area (Å²) < 4.78 is 11.5. The summed E-state index contributed by atoms with van der Waals surface area (Å²) in [7, 11) is 0. The van der Waals surface area contributed by atoms with Crippen molar-refractivity contribution in [2.24, 2.45) is 28.6 Å². The summed E-state index contributed by atoms with van der Waals surface area (Å²) >= 11 is 0. The predicted octanol–water partition coefficient (Wildman–Crippen LogP) is 2.41. The van der Waals surface area contributed by atoms with E-state index in [1.165, 1.54) is 12.3 Å². The second-order valence-electron chi connectivity index (χ2n) is 11.0. The van der Waals surface area contributed by atoms with Crippen molar-refractivity contribution in [2.75, 3.05) is 0 Å². The Balaban J connectivity index is 1.43. The number of epoxide rings is 1. The Morgan fingerprint density at radius 2 is 1.90 bits per heavy atom. The summed E-state index contributed by atoms with van der Waals surface area (Å²) in [6.45, 7) is 4.37. The van der Waals surface area contributed by atoms with Gasteiger partial charge in [-0.1, -0.05) is 13.8 Å². The van der Waals surface area contributed by atoms with Gasteiger partial charge in [0.05, 0.1) is 18.5 Å². The molecule has 2 heterocycles. The molecule has 30 heavy (non-hydrogen) atoms. The standard InChI is InChI=1S/C24H30O6/c1-22-8-7-14(25)9-13(22)4-5-15-16(22)10-17(26)23(2)19(12-3-6-18(27)29-11-12)20(28)21-24(15,23)30-21/h3,6,11,13,15-17,19-21,26,28H,4-5,7-10H2,1-2H3/t13-,15?,16+,17-,19+,20-,21-,22+,23-,24?/m1/s1. The van der Waals surface area contributed by atoms with Crippen LogP contribution in [-0.4, -0.2) is 39.9 Å². The lowest BCUT2D eigenvalue weighted by Crippen LogP contribution is -2.63. The van der Waals surface area contributed by atoms with Crippen LogP contribution < -0.4 is 5.63 Å². The Kier molecular flexibility index (Phi) is 3.74. The lowest BCUT2D eigenvalue weighted by molar-refractivity contribution is -0.182. The van der Waals surface area contributed by atoms with Crippen LogP contribution in [0.2, 0.25) is 0 Å². The minimum Gasteiger partial charge on any atom is -0.431 e. The molecule has 0 amide bonds. The molecule has 4 saturated carbocycles. The molecule has 2 unspecified atom stereocenters. The molecule has 5 fully saturated rings. The first-order valence-electron chi connectivity index (χ1n) is 11.4. The fourth-order valence-electron chi connectivity index (χ4n) is 8.58. The van der Waals surface area contributed by atoms with Gasteiger partial charge < -0.3 is 19.4 Å². The van der Waals surface area contributed by atoms with Crippen LogP contribution in [0.15, 0.2) is 27.6 Å². The zero-order chi connectivity index (χ0) is 21.1. The molecule has 162 valence electrons. The van der Waals surface area contributed by atoms with Gasteiger partial charge in [0.2, 0.25) is 0 Å². The van der Waals surface area contributed by atoms with Gasteiger partial charge in [0.1, 0.15) is 17.5 Å². The Labute approximate surface area is 175 Å². The van der Waals surface area contributed by atoms with E-state index in [-0.39, 0.29) is 29.3 Å². The normalized spacial score (nSPS) is 54.0. The van der Waals surface area contributed by atoms with Crippen molar-refractivity contribution < 1.29 is 24.2 Å². The maximum absolute atomic E-state index is 12.1. The van der Waals surface area contributed by atoms with Gasteiger partial charge in [0.25, 0.3) is 0 Å². The van der Waals surface area contributed by atoms with Gasteiger partial charge in [-0.15, -0.1) is 0 Å². The highest BCUT2D eigenvalue weighted by atomic mass is 16.6. The Bertz CT molecular complexity index is 950. The number of aliphatic hydroxyl groups excluding tert-OH is 2. The number of hydrogen-bond donors (Lipinski definition) is 2. The molecule has 0 aromatic carbocycles. The second-order valence-corrected chi connectivity index (χ2v) is 11.0. The molecular weight excluding hydrogens is 384 g/mol. The van der Waals surface area contributed by atoms with E-state index in [1.807, 2.05) is 0 Å². The molecule has 5 aliphatic rings. The van der Waals surface area contributed by atoms with Gasteiger partial charge in [0.15, 0.2) is 0 Å². The minimum absolute atomic E-state index is 0.0347. The zero-order valence-corrected chi connectivity index (χ0v) is 17.5. The van der Waals surface area contributed by atoms with Crippen LogP contribution in [0.4, 0.5) is 0 Å². The molecule has 0 radical (unpaired) electrons. The highest BCUT2D eigenvalue weighted by Crippen LogP contribution is 2.77. The van der Waals surface area contributed by atoms with E-state index in [2.05, 4.69) is 13.8 Å². The smallest absolute Gasteiger partial charge is 0.335 e. The quantitative estimate of drug-likeness (QED) is 0.685. The number of Topliss-reactive ketones (excluding diaryl/α,β-unsaturated/α-hetero) is 1. The summed E-state index contributed by atoms with van der Waals surface area (Å²) in [5.41, 5.74) is -0.834. The Morgan fingerprint density at radius 3 is 2.63 bits per heavy atom. The predicted molar refractivity (Wildman–Crippen MR) is 107 cm³/mol. The fourth-order valence-corrected chi connectivity index (χ4v) is 8.58. The number of ether oxygens (including phenoxy) is 1. The molecule has 6 heteroatoms. The number of carbonyl (C=O) groups excluding carboxylic acids is 1. The molecule has 0 bridgehead atoms. The van der Waals surface area contributed by atoms with E-state index in [0.717, 1.165) is 24.8 Å². The molecule has 1 aromatic rings. The van der Waals surface area contributed by atoms with E-state index in [9.17, 15) is 19.8 Å². The highest BCUT2D eigenvalue weighted by Gasteiger charge is 2.85. The molecule has 4 aliphatic carbocycles. The lowest BCUT2D eigenvalue weighted by Gasteiger charge is -2.61. The lowest BCUT2D eigenvalue weighted by atomic mass is 9.43. The first-order valence-corrected chi connectivity index (χ1v) is 11.4. The van der Waals surface area contributed by atoms with Crippen LogP contribution in [0.1, 0.15) is 63.9 Å². The summed E-state index contributed by atoms with van der Waals surface area (Å²) in [5.74, 6) is 0.973. The Hall–Kier alpha value is -1.50. The monoisotopic (exact) mass is 414 g/mol. The van der Waals surface area contributed by atoms with Crippen LogP contribution in [-0.2, 0) is 9.53 Å². The van der Waals surface area contributed by atoms with Crippen molar-refractivity contribution in [2.45, 2.75) is 82.2 Å². The summed E-state index contributed by atoms with van der Waals surface area (Å²) in [4.78, 5) is 23.6. The zero-order valence-electron chi connectivity index (χ0n) is 17.5. The second kappa shape index (κ2) is 5.84. The number of ketones is 1. The molecule has 10 atom stereocenters. The minimum atomic E-state index is -0.741. The van der Waals surface area contributed by atoms with Crippen molar-refractivity contribution in [3.63, 3.8) is 0 Å². The molecule has 1 aromatic heterocycles. The third-order valence-corrected chi connectivity index (χ3v) is 10.1. The van der Waals surface area contributed by atoms with E-state index < -0.39 is 28.8 Å². The molecule has 6 rings (SSSR count). The van der Waals surface area contributed by atoms with E-state index in [4.69, 9.17) is 9.15 Å². The molecule has 1 saturated heterocycles. The molecule has 2 N–H and O–H groups in total. The van der Waals surface area contributed by atoms with Crippen LogP contribution in [0.5, 0.6) is 0 Å². The van der Waals surface area contributed by atoms with Crippen molar-refractivity contribution in [1.29, 1.82) is 0 Å². The first kappa shape index (κ1) is 19.2. The van der Waals surface area contributed by atoms with Crippen molar-refractivity contribution in [1.82, 2.24) is 0 Å². The van der Waals surface area contributed by atoms with Crippen molar-refractivity contribution in [3.05, 3.63) is 34.4 Å². The topological polar surface area (TPSA) is 100 Å². The van der Waals surface area contributed by atoms with E-state index >= 15 is 0 Å². The third kappa shape index (κ3) is 2.06. The van der Waals surface area contributed by atoms with Crippen molar-refractivity contribution >= 4 is 5.78 Å². The van der Waals surface area contributed by atoms with Crippen molar-refractivity contribution in [3.8, 4) is 0 Å². The highest BCUT2D eigenvalue weighted by molar-refractivity contribution is 5.79. The number of carbonyl (C=O) groups is 1. The van der Waals surface area contributed by atoms with Gasteiger partial charge >= 0.3 is 5.63 Å². The number of rotatable bonds is 1. The van der Waals surface area contributed by atoms with Crippen LogP contribution in [0, 0.1) is 28.6 Å². The molecule has 1 spiro atoms. The van der Waals surface area contributed by atoms with Gasteiger partial charge in [-0.25, -0.2) is 4.79 Å². The SMILES string of the molecule is C[C@]12CCC(=O)C[C@H]1CCC1[C@@H]2C[C@@H](O)[C@]2(C)[C@@H](c3ccc(=O)oc3)[C@@H](O)[C@H]3OC132. The van der Waals surface area contributed by atoms with E-state index in [1.54, 1.807) is 6.07 Å². The molecule has 1 aliphatic heterocycles. The van der Waals surface area contributed by atoms with Gasteiger partial charge in [-0.2, -0.15) is 0 Å². The first-order chi connectivity index (χ1) is 14.2. The fraction of sp³-hybridized carbons (Fsp3) is 0.750. The summed E-state index contributed by atoms with van der Waals surface area (Å²) in [6.07, 6.45) is 4.59. The van der Waals surface area contributed by atoms with Gasteiger partial charge in [-0.05, 0) is 60.5 Å². The van der Waals surface area contributed by atoms with Gasteiger partial charge in [0, 0.05) is 30.2 Å².